The molecule has 1 amide bonds. The number of carbonyl (C=O) groups is 1. The topological polar surface area (TPSA) is 68.2 Å². The predicted octanol–water partition coefficient (Wildman–Crippen LogP) is 0.919. The first-order valence-electron chi connectivity index (χ1n) is 6.38. The predicted molar refractivity (Wildman–Crippen MR) is 72.6 cm³/mol. The van der Waals surface area contributed by atoms with Crippen LogP contribution in [0.15, 0.2) is 12.1 Å². The molecule has 0 aromatic heterocycles. The zero-order chi connectivity index (χ0) is 14.7. The Bertz CT molecular complexity index is 503. The normalized spacial score (nSPS) is 18.0. The van der Waals surface area contributed by atoms with Crippen LogP contribution in [0.3, 0.4) is 0 Å². The van der Waals surface area contributed by atoms with Crippen LogP contribution in [0.5, 0.6) is 17.2 Å². The Kier molecular flexibility index (Phi) is 4.34. The maximum atomic E-state index is 12.5. The monoisotopic (exact) mass is 281 g/mol. The van der Waals surface area contributed by atoms with Crippen LogP contribution >= 0.6 is 0 Å². The van der Waals surface area contributed by atoms with Crippen molar-refractivity contribution in [3.8, 4) is 17.2 Å². The van der Waals surface area contributed by atoms with Crippen LogP contribution < -0.4 is 14.2 Å². The Morgan fingerprint density at radius 2 is 1.75 bits per heavy atom. The summed E-state index contributed by atoms with van der Waals surface area (Å²) >= 11 is 0. The minimum Gasteiger partial charge on any atom is -0.496 e. The van der Waals surface area contributed by atoms with Crippen molar-refractivity contribution in [2.24, 2.45) is 0 Å². The molecule has 2 rings (SSSR count). The number of rotatable bonds is 4. The lowest BCUT2D eigenvalue weighted by molar-refractivity contribution is 0.0761. The maximum absolute atomic E-state index is 12.5. The number of likely N-dealkylation sites (tertiary alicyclic amines) is 1. The van der Waals surface area contributed by atoms with E-state index in [9.17, 15) is 9.90 Å². The summed E-state index contributed by atoms with van der Waals surface area (Å²) in [6, 6.07) is 3.23. The third-order valence-corrected chi connectivity index (χ3v) is 3.39. The number of nitrogens with zero attached hydrogens (tertiary/aromatic N) is 1. The van der Waals surface area contributed by atoms with Gasteiger partial charge in [-0.15, -0.1) is 0 Å². The van der Waals surface area contributed by atoms with Crippen LogP contribution in [0.25, 0.3) is 0 Å². The van der Waals surface area contributed by atoms with Crippen molar-refractivity contribution in [3.05, 3.63) is 17.7 Å². The van der Waals surface area contributed by atoms with Gasteiger partial charge in [0.1, 0.15) is 5.75 Å². The summed E-state index contributed by atoms with van der Waals surface area (Å²) in [5.74, 6) is 1.21. The molecule has 1 fully saturated rings. The zero-order valence-corrected chi connectivity index (χ0v) is 11.9. The summed E-state index contributed by atoms with van der Waals surface area (Å²) in [5.41, 5.74) is 0.402. The van der Waals surface area contributed by atoms with E-state index in [0.717, 1.165) is 0 Å². The average Bonchev–Trinajstić information content (AvgIpc) is 2.91. The fraction of sp³-hybridized carbons (Fsp3) is 0.500. The van der Waals surface area contributed by atoms with Crippen LogP contribution in [-0.4, -0.2) is 56.4 Å². The first-order valence-corrected chi connectivity index (χ1v) is 6.38. The Balaban J connectivity index is 2.36. The quantitative estimate of drug-likeness (QED) is 0.889. The van der Waals surface area contributed by atoms with E-state index < -0.39 is 6.10 Å². The zero-order valence-electron chi connectivity index (χ0n) is 11.9. The van der Waals surface area contributed by atoms with E-state index in [-0.39, 0.29) is 5.91 Å². The van der Waals surface area contributed by atoms with Crippen molar-refractivity contribution < 1.29 is 24.1 Å². The second-order valence-electron chi connectivity index (χ2n) is 4.60. The molecule has 1 atom stereocenters. The SMILES string of the molecule is COc1cc(OC)c(C(=O)N2CC[C@@H](O)C2)cc1OC. The summed E-state index contributed by atoms with van der Waals surface area (Å²) in [6.45, 7) is 0.883. The fourth-order valence-electron chi connectivity index (χ4n) is 2.29. The molecule has 110 valence electrons. The Hall–Kier alpha value is -1.95. The number of hydrogen-bond donors (Lipinski definition) is 1. The van der Waals surface area contributed by atoms with Crippen LogP contribution in [0.2, 0.25) is 0 Å². The second kappa shape index (κ2) is 6.00. The van der Waals surface area contributed by atoms with Crippen molar-refractivity contribution in [2.75, 3.05) is 34.4 Å². The molecule has 1 aliphatic rings. The van der Waals surface area contributed by atoms with E-state index in [1.165, 1.54) is 21.3 Å². The molecule has 0 aliphatic carbocycles. The summed E-state index contributed by atoms with van der Waals surface area (Å²) in [6.07, 6.45) is 0.145. The van der Waals surface area contributed by atoms with Gasteiger partial charge in [0.05, 0.1) is 33.0 Å². The molecule has 1 saturated heterocycles. The number of aliphatic hydroxyl groups excluding tert-OH is 1. The molecule has 6 heteroatoms. The van der Waals surface area contributed by atoms with Crippen LogP contribution in [-0.2, 0) is 0 Å². The van der Waals surface area contributed by atoms with Crippen molar-refractivity contribution >= 4 is 5.91 Å². The fourth-order valence-corrected chi connectivity index (χ4v) is 2.29. The molecule has 1 heterocycles. The highest BCUT2D eigenvalue weighted by atomic mass is 16.5. The number of amides is 1. The van der Waals surface area contributed by atoms with Crippen molar-refractivity contribution in [2.45, 2.75) is 12.5 Å². The molecule has 1 aromatic carbocycles. The second-order valence-corrected chi connectivity index (χ2v) is 4.60. The molecule has 1 N–H and O–H groups in total. The molecule has 0 spiro atoms. The lowest BCUT2D eigenvalue weighted by Gasteiger charge is -2.19. The van der Waals surface area contributed by atoms with Crippen LogP contribution in [0, 0.1) is 0 Å². The summed E-state index contributed by atoms with van der Waals surface area (Å²) in [4.78, 5) is 14.1. The molecular formula is C14H19NO5. The number of methoxy groups -OCH3 is 3. The minimum atomic E-state index is -0.454. The van der Waals surface area contributed by atoms with E-state index >= 15 is 0 Å². The highest BCUT2D eigenvalue weighted by Crippen LogP contribution is 2.35. The van der Waals surface area contributed by atoms with Gasteiger partial charge in [0.25, 0.3) is 5.91 Å². The van der Waals surface area contributed by atoms with Gasteiger partial charge < -0.3 is 24.2 Å². The van der Waals surface area contributed by atoms with Gasteiger partial charge in [0, 0.05) is 25.2 Å². The van der Waals surface area contributed by atoms with Gasteiger partial charge in [-0.1, -0.05) is 0 Å². The first kappa shape index (κ1) is 14.5. The first-order chi connectivity index (χ1) is 9.60. The summed E-state index contributed by atoms with van der Waals surface area (Å²) in [7, 11) is 4.53. The highest BCUT2D eigenvalue weighted by Gasteiger charge is 2.28. The van der Waals surface area contributed by atoms with Crippen molar-refractivity contribution in [3.63, 3.8) is 0 Å². The van der Waals surface area contributed by atoms with E-state index in [1.807, 2.05) is 0 Å². The van der Waals surface area contributed by atoms with Crippen LogP contribution in [0.1, 0.15) is 16.8 Å². The minimum absolute atomic E-state index is 0.181. The maximum Gasteiger partial charge on any atom is 0.257 e. The number of benzene rings is 1. The summed E-state index contributed by atoms with van der Waals surface area (Å²) < 4.78 is 15.6. The molecule has 20 heavy (non-hydrogen) atoms. The van der Waals surface area contributed by atoms with Crippen LogP contribution in [0.4, 0.5) is 0 Å². The average molecular weight is 281 g/mol. The van der Waals surface area contributed by atoms with Crippen molar-refractivity contribution in [1.29, 1.82) is 0 Å². The number of β-amino-alcohol motifs (C(OH)–C–C–N with tert-alkyl or cyclic N) is 1. The Labute approximate surface area is 117 Å². The third kappa shape index (κ3) is 2.65. The molecule has 1 aliphatic heterocycles. The smallest absolute Gasteiger partial charge is 0.257 e. The summed E-state index contributed by atoms with van der Waals surface area (Å²) in [5, 5.41) is 9.53. The molecule has 6 nitrogen and oxygen atoms in total. The van der Waals surface area contributed by atoms with Crippen molar-refractivity contribution in [1.82, 2.24) is 4.90 Å². The van der Waals surface area contributed by atoms with E-state index in [2.05, 4.69) is 0 Å². The van der Waals surface area contributed by atoms with E-state index in [1.54, 1.807) is 17.0 Å². The number of carbonyl (C=O) groups excluding carboxylic acids is 1. The van der Waals surface area contributed by atoms with E-state index in [0.29, 0.717) is 42.3 Å². The molecule has 1 aromatic rings. The van der Waals surface area contributed by atoms with Gasteiger partial charge in [-0.25, -0.2) is 0 Å². The largest absolute Gasteiger partial charge is 0.496 e. The van der Waals surface area contributed by atoms with Gasteiger partial charge in [0.15, 0.2) is 11.5 Å². The van der Waals surface area contributed by atoms with Gasteiger partial charge >= 0.3 is 0 Å². The van der Waals surface area contributed by atoms with Gasteiger partial charge in [0.2, 0.25) is 0 Å². The number of aliphatic hydroxyl groups is 1. The standard InChI is InChI=1S/C14H19NO5/c1-18-11-7-13(20-3)12(19-2)6-10(11)14(17)15-5-4-9(16)8-15/h6-7,9,16H,4-5,8H2,1-3H3/t9-/m1/s1. The number of ether oxygens (including phenoxy) is 3. The molecular weight excluding hydrogens is 262 g/mol. The van der Waals surface area contributed by atoms with Gasteiger partial charge in [-0.05, 0) is 6.42 Å². The Morgan fingerprint density at radius 1 is 1.15 bits per heavy atom. The molecule has 0 radical (unpaired) electrons. The number of hydrogen-bond acceptors (Lipinski definition) is 5. The third-order valence-electron chi connectivity index (χ3n) is 3.39. The van der Waals surface area contributed by atoms with Gasteiger partial charge in [-0.2, -0.15) is 0 Å². The molecule has 0 saturated carbocycles. The highest BCUT2D eigenvalue weighted by molar-refractivity contribution is 5.98. The lowest BCUT2D eigenvalue weighted by atomic mass is 10.1. The Morgan fingerprint density at radius 3 is 2.25 bits per heavy atom. The lowest BCUT2D eigenvalue weighted by Crippen LogP contribution is -2.29. The van der Waals surface area contributed by atoms with E-state index in [4.69, 9.17) is 14.2 Å². The molecule has 0 unspecified atom stereocenters. The molecule has 0 bridgehead atoms. The van der Waals surface area contributed by atoms with Gasteiger partial charge in [-0.3, -0.25) is 4.79 Å².